The van der Waals surface area contributed by atoms with Crippen LogP contribution < -0.4 is 14.4 Å². The van der Waals surface area contributed by atoms with Crippen LogP contribution in [0.25, 0.3) is 11.3 Å². The van der Waals surface area contributed by atoms with Crippen molar-refractivity contribution in [3.8, 4) is 34.4 Å². The van der Waals surface area contributed by atoms with Gasteiger partial charge in [0.05, 0.1) is 11.4 Å². The first kappa shape index (κ1) is 33.3. The Labute approximate surface area is 286 Å². The summed E-state index contributed by atoms with van der Waals surface area (Å²) in [5.41, 5.74) is 4.73. The van der Waals surface area contributed by atoms with Gasteiger partial charge in [-0.3, -0.25) is 4.98 Å². The van der Waals surface area contributed by atoms with Crippen molar-refractivity contribution < 1.29 is 18.3 Å². The van der Waals surface area contributed by atoms with Crippen LogP contribution in [0.1, 0.15) is 52.7 Å². The molecule has 0 radical (unpaired) electrons. The van der Waals surface area contributed by atoms with Gasteiger partial charge < -0.3 is 14.4 Å². The van der Waals surface area contributed by atoms with Crippen LogP contribution in [0, 0.1) is 11.6 Å². The summed E-state index contributed by atoms with van der Waals surface area (Å²) in [7, 11) is 0. The third-order valence-electron chi connectivity index (χ3n) is 8.13. The lowest BCUT2D eigenvalue weighted by molar-refractivity contribution is 0.427. The van der Waals surface area contributed by atoms with E-state index in [-0.39, 0.29) is 27.9 Å². The van der Waals surface area contributed by atoms with Crippen LogP contribution in [0.5, 0.6) is 23.1 Å². The molecule has 0 spiro atoms. The highest BCUT2D eigenvalue weighted by Crippen LogP contribution is 2.42. The van der Waals surface area contributed by atoms with Gasteiger partial charge in [-0.2, -0.15) is 0 Å². The average molecular weight is 656 g/mol. The summed E-state index contributed by atoms with van der Waals surface area (Å²) < 4.78 is 43.3. The quantitative estimate of drug-likeness (QED) is 0.163. The van der Waals surface area contributed by atoms with E-state index in [0.29, 0.717) is 23.0 Å². The molecule has 6 rings (SSSR count). The average Bonchev–Trinajstić information content (AvgIpc) is 3.06. The van der Waals surface area contributed by atoms with Crippen molar-refractivity contribution in [2.24, 2.45) is 0 Å². The van der Waals surface area contributed by atoms with Gasteiger partial charge in [0.25, 0.3) is 0 Å². The molecule has 0 aliphatic rings. The van der Waals surface area contributed by atoms with Crippen LogP contribution in [0.2, 0.25) is 0 Å². The predicted molar refractivity (Wildman–Crippen MR) is 192 cm³/mol. The second-order valence-corrected chi connectivity index (χ2v) is 13.9. The molecule has 0 saturated heterocycles. The van der Waals surface area contributed by atoms with Crippen molar-refractivity contribution in [3.63, 3.8) is 0 Å². The predicted octanol–water partition coefficient (Wildman–Crippen LogP) is 12.1. The van der Waals surface area contributed by atoms with E-state index in [1.807, 2.05) is 95.9 Å². The van der Waals surface area contributed by atoms with Crippen LogP contribution in [-0.4, -0.2) is 9.97 Å². The fraction of sp³-hybridized carbons (Fsp3) is 0.190. The number of rotatable bonds is 8. The molecular weight excluding hydrogens is 616 g/mol. The fourth-order valence-electron chi connectivity index (χ4n) is 5.43. The normalized spacial score (nSPS) is 11.7. The summed E-state index contributed by atoms with van der Waals surface area (Å²) in [4.78, 5) is 10.9. The Morgan fingerprint density at radius 1 is 0.531 bits per heavy atom. The Kier molecular flexibility index (Phi) is 9.20. The van der Waals surface area contributed by atoms with E-state index in [0.717, 1.165) is 28.6 Å². The molecule has 0 N–H and O–H groups in total. The molecule has 0 saturated carbocycles. The highest BCUT2D eigenvalue weighted by Gasteiger charge is 2.21. The minimum atomic E-state index is -0.844. The summed E-state index contributed by atoms with van der Waals surface area (Å²) >= 11 is 0. The Morgan fingerprint density at radius 2 is 1.08 bits per heavy atom. The number of halogens is 2. The van der Waals surface area contributed by atoms with Gasteiger partial charge in [0.2, 0.25) is 5.88 Å². The Balaban J connectivity index is 1.47. The molecular formula is C42H39F2N3O2. The van der Waals surface area contributed by atoms with Crippen molar-refractivity contribution >= 4 is 17.1 Å². The van der Waals surface area contributed by atoms with Crippen LogP contribution in [-0.2, 0) is 10.8 Å². The first-order valence-electron chi connectivity index (χ1n) is 16.2. The van der Waals surface area contributed by atoms with Crippen molar-refractivity contribution in [2.75, 3.05) is 4.90 Å². The zero-order valence-corrected chi connectivity index (χ0v) is 28.5. The molecule has 0 aliphatic carbocycles. The number of ether oxygens (including phenoxy) is 2. The zero-order chi connectivity index (χ0) is 34.8. The molecule has 4 aromatic carbocycles. The third kappa shape index (κ3) is 7.78. The van der Waals surface area contributed by atoms with Crippen molar-refractivity contribution in [3.05, 3.63) is 150 Å². The topological polar surface area (TPSA) is 47.5 Å². The molecule has 0 bridgehead atoms. The van der Waals surface area contributed by atoms with Gasteiger partial charge in [-0.25, -0.2) is 13.8 Å². The van der Waals surface area contributed by atoms with Gasteiger partial charge in [-0.05, 0) is 70.5 Å². The molecule has 0 unspecified atom stereocenters. The van der Waals surface area contributed by atoms with E-state index in [4.69, 9.17) is 9.47 Å². The number of benzene rings is 4. The minimum absolute atomic E-state index is 0.117. The molecule has 2 heterocycles. The number of para-hydroxylation sites is 2. The van der Waals surface area contributed by atoms with Gasteiger partial charge in [0, 0.05) is 59.7 Å². The van der Waals surface area contributed by atoms with E-state index in [9.17, 15) is 0 Å². The molecule has 2 aromatic heterocycles. The van der Waals surface area contributed by atoms with E-state index in [1.165, 1.54) is 6.07 Å². The molecule has 5 nitrogen and oxygen atoms in total. The number of aromatic nitrogens is 2. The number of hydrogen-bond donors (Lipinski definition) is 0. The maximum Gasteiger partial charge on any atom is 0.219 e. The summed E-state index contributed by atoms with van der Waals surface area (Å²) in [6.45, 7) is 12.6. The number of pyridine rings is 2. The molecule has 7 heteroatoms. The lowest BCUT2D eigenvalue weighted by Gasteiger charge is -2.26. The SMILES string of the molecule is CC(C)(C)c1ccnc(Oc2cc(Oc3cc(-c4cc(C(C)(C)C)ccn4)c(F)cc3F)cc(N(c3ccccc3)c3ccccc3)c2)c1. The summed E-state index contributed by atoms with van der Waals surface area (Å²) in [5, 5.41) is 0. The Bertz CT molecular complexity index is 2030. The van der Waals surface area contributed by atoms with Crippen LogP contribution in [0.4, 0.5) is 25.8 Å². The maximum absolute atomic E-state index is 15.5. The summed E-state index contributed by atoms with van der Waals surface area (Å²) in [5.74, 6) is -0.619. The second-order valence-electron chi connectivity index (χ2n) is 13.9. The van der Waals surface area contributed by atoms with E-state index < -0.39 is 11.6 Å². The maximum atomic E-state index is 15.5. The molecule has 0 aliphatic heterocycles. The highest BCUT2D eigenvalue weighted by molar-refractivity contribution is 5.78. The molecule has 49 heavy (non-hydrogen) atoms. The minimum Gasteiger partial charge on any atom is -0.454 e. The monoisotopic (exact) mass is 655 g/mol. The van der Waals surface area contributed by atoms with Gasteiger partial charge >= 0.3 is 0 Å². The van der Waals surface area contributed by atoms with Crippen LogP contribution in [0.3, 0.4) is 0 Å². The highest BCUT2D eigenvalue weighted by atomic mass is 19.1. The van der Waals surface area contributed by atoms with E-state index in [1.54, 1.807) is 24.5 Å². The van der Waals surface area contributed by atoms with Crippen molar-refractivity contribution in [1.82, 2.24) is 9.97 Å². The van der Waals surface area contributed by atoms with Gasteiger partial charge in [-0.1, -0.05) is 77.9 Å². The Hall–Kier alpha value is -5.56. The van der Waals surface area contributed by atoms with E-state index in [2.05, 4.69) is 51.5 Å². The number of hydrogen-bond acceptors (Lipinski definition) is 5. The van der Waals surface area contributed by atoms with Gasteiger partial charge in [-0.15, -0.1) is 0 Å². The number of nitrogens with zero attached hydrogens (tertiary/aromatic N) is 3. The number of anilines is 3. The first-order chi connectivity index (χ1) is 23.3. The largest absolute Gasteiger partial charge is 0.454 e. The van der Waals surface area contributed by atoms with E-state index >= 15 is 8.78 Å². The first-order valence-corrected chi connectivity index (χ1v) is 16.2. The van der Waals surface area contributed by atoms with Crippen LogP contribution in [0.15, 0.2) is 128 Å². The van der Waals surface area contributed by atoms with Crippen molar-refractivity contribution in [1.29, 1.82) is 0 Å². The third-order valence-corrected chi connectivity index (χ3v) is 8.13. The molecule has 0 atom stereocenters. The molecule has 0 fully saturated rings. The Morgan fingerprint density at radius 3 is 1.67 bits per heavy atom. The second kappa shape index (κ2) is 13.5. The summed E-state index contributed by atoms with van der Waals surface area (Å²) in [6.07, 6.45) is 3.35. The lowest BCUT2D eigenvalue weighted by Crippen LogP contribution is -2.11. The van der Waals surface area contributed by atoms with Gasteiger partial charge in [0.15, 0.2) is 11.6 Å². The lowest BCUT2D eigenvalue weighted by atomic mass is 9.87. The fourth-order valence-corrected chi connectivity index (χ4v) is 5.43. The van der Waals surface area contributed by atoms with Crippen LogP contribution >= 0.6 is 0 Å². The zero-order valence-electron chi connectivity index (χ0n) is 28.5. The smallest absolute Gasteiger partial charge is 0.219 e. The molecule has 248 valence electrons. The standard InChI is InChI=1S/C42H39F2N3O2/c1-41(2,3)28-17-19-45-38(21-28)35-26-39(37(44)27-36(35)43)48-33-23-32(47(30-13-9-7-10-14-30)31-15-11-8-12-16-31)24-34(25-33)49-40-22-29(18-20-46-40)42(4,5)6/h7-27H,1-6H3. The van der Waals surface area contributed by atoms with Gasteiger partial charge in [0.1, 0.15) is 17.3 Å². The molecule has 0 amide bonds. The summed E-state index contributed by atoms with van der Waals surface area (Å²) in [6, 6.07) is 34.9. The molecule has 6 aromatic rings. The van der Waals surface area contributed by atoms with Crippen molar-refractivity contribution in [2.45, 2.75) is 52.4 Å².